The van der Waals surface area contributed by atoms with Gasteiger partial charge >= 0.3 is 0 Å². The molecule has 3 nitrogen and oxygen atoms in total. The molecule has 20 heavy (non-hydrogen) atoms. The minimum Gasteiger partial charge on any atom is -0.207 e. The molecular weight excluding hydrogens is 270 g/mol. The van der Waals surface area contributed by atoms with E-state index in [2.05, 4.69) is 11.6 Å². The highest BCUT2D eigenvalue weighted by molar-refractivity contribution is 7.89. The Morgan fingerprint density at radius 1 is 0.900 bits per heavy atom. The van der Waals surface area contributed by atoms with Crippen LogP contribution in [-0.2, 0) is 23.0 Å². The van der Waals surface area contributed by atoms with Crippen molar-refractivity contribution in [2.24, 2.45) is 0 Å². The van der Waals surface area contributed by atoms with Crippen LogP contribution in [0.15, 0.2) is 53.4 Å². The van der Waals surface area contributed by atoms with E-state index in [1.807, 2.05) is 31.2 Å². The maximum atomic E-state index is 12.1. The maximum Gasteiger partial charge on any atom is 0.240 e. The molecule has 0 atom stereocenters. The van der Waals surface area contributed by atoms with Gasteiger partial charge in [-0.15, -0.1) is 0 Å². The Hall–Kier alpha value is -1.65. The quantitative estimate of drug-likeness (QED) is 0.919. The van der Waals surface area contributed by atoms with Gasteiger partial charge in [0.1, 0.15) is 0 Å². The fraction of sp³-hybridized carbons (Fsp3) is 0.250. The molecule has 0 aliphatic carbocycles. The minimum absolute atomic E-state index is 0.299. The molecule has 0 aromatic heterocycles. The summed E-state index contributed by atoms with van der Waals surface area (Å²) >= 11 is 0. The van der Waals surface area contributed by atoms with Crippen LogP contribution in [0.2, 0.25) is 0 Å². The van der Waals surface area contributed by atoms with E-state index in [1.165, 1.54) is 5.56 Å². The summed E-state index contributed by atoms with van der Waals surface area (Å²) in [6.45, 7) is 4.33. The van der Waals surface area contributed by atoms with Crippen LogP contribution < -0.4 is 4.72 Å². The topological polar surface area (TPSA) is 46.2 Å². The predicted octanol–water partition coefficient (Wildman–Crippen LogP) is 3.04. The largest absolute Gasteiger partial charge is 0.240 e. The Labute approximate surface area is 120 Å². The SMILES string of the molecule is CCc1ccc(CNS(=O)(=O)c2ccc(C)cc2)cc1. The minimum atomic E-state index is -3.44. The van der Waals surface area contributed by atoms with Crippen molar-refractivity contribution < 1.29 is 8.42 Å². The molecule has 0 radical (unpaired) electrons. The molecule has 0 heterocycles. The summed E-state index contributed by atoms with van der Waals surface area (Å²) in [5, 5.41) is 0. The highest BCUT2D eigenvalue weighted by Crippen LogP contribution is 2.11. The lowest BCUT2D eigenvalue weighted by molar-refractivity contribution is 0.581. The van der Waals surface area contributed by atoms with Gasteiger partial charge in [-0.25, -0.2) is 13.1 Å². The van der Waals surface area contributed by atoms with E-state index >= 15 is 0 Å². The number of rotatable bonds is 5. The second-order valence-corrected chi connectivity index (χ2v) is 6.57. The van der Waals surface area contributed by atoms with Gasteiger partial charge in [0.25, 0.3) is 0 Å². The fourth-order valence-corrected chi connectivity index (χ4v) is 2.89. The van der Waals surface area contributed by atoms with E-state index in [-0.39, 0.29) is 0 Å². The summed E-state index contributed by atoms with van der Waals surface area (Å²) < 4.78 is 26.9. The molecule has 0 saturated carbocycles. The Bertz CT molecular complexity index is 659. The van der Waals surface area contributed by atoms with E-state index < -0.39 is 10.0 Å². The Balaban J connectivity index is 2.06. The van der Waals surface area contributed by atoms with Crippen LogP contribution >= 0.6 is 0 Å². The van der Waals surface area contributed by atoms with Gasteiger partial charge in [0, 0.05) is 6.54 Å². The lowest BCUT2D eigenvalue weighted by Crippen LogP contribution is -2.23. The molecule has 0 saturated heterocycles. The molecule has 0 fully saturated rings. The Kier molecular flexibility index (Phi) is 4.57. The molecule has 2 aromatic carbocycles. The first-order valence-corrected chi connectivity index (χ1v) is 8.14. The maximum absolute atomic E-state index is 12.1. The molecule has 0 unspecified atom stereocenters. The number of sulfonamides is 1. The number of benzene rings is 2. The van der Waals surface area contributed by atoms with E-state index in [1.54, 1.807) is 24.3 Å². The van der Waals surface area contributed by atoms with Gasteiger partial charge in [0.05, 0.1) is 4.90 Å². The first-order chi connectivity index (χ1) is 9.51. The van der Waals surface area contributed by atoms with Crippen LogP contribution in [0.1, 0.15) is 23.6 Å². The monoisotopic (exact) mass is 289 g/mol. The van der Waals surface area contributed by atoms with Gasteiger partial charge in [0.15, 0.2) is 0 Å². The average molecular weight is 289 g/mol. The molecule has 2 aromatic rings. The molecule has 2 rings (SSSR count). The van der Waals surface area contributed by atoms with Crippen molar-refractivity contribution in [2.75, 3.05) is 0 Å². The van der Waals surface area contributed by atoms with E-state index in [0.29, 0.717) is 11.4 Å². The molecule has 0 bridgehead atoms. The highest BCUT2D eigenvalue weighted by atomic mass is 32.2. The van der Waals surface area contributed by atoms with Crippen molar-refractivity contribution >= 4 is 10.0 Å². The zero-order valence-electron chi connectivity index (χ0n) is 11.8. The van der Waals surface area contributed by atoms with Gasteiger partial charge in [-0.1, -0.05) is 48.9 Å². The van der Waals surface area contributed by atoms with Crippen molar-refractivity contribution in [1.29, 1.82) is 0 Å². The smallest absolute Gasteiger partial charge is 0.207 e. The van der Waals surface area contributed by atoms with Crippen molar-refractivity contribution in [3.05, 3.63) is 65.2 Å². The fourth-order valence-electron chi connectivity index (χ4n) is 1.87. The first-order valence-electron chi connectivity index (χ1n) is 6.65. The standard InChI is InChI=1S/C16H19NO2S/c1-3-14-6-8-15(9-7-14)12-17-20(18,19)16-10-4-13(2)5-11-16/h4-11,17H,3,12H2,1-2H3. The lowest BCUT2D eigenvalue weighted by atomic mass is 10.1. The van der Waals surface area contributed by atoms with Gasteiger partial charge in [-0.3, -0.25) is 0 Å². The molecule has 0 spiro atoms. The number of aryl methyl sites for hydroxylation is 2. The van der Waals surface area contributed by atoms with Gasteiger partial charge in [-0.2, -0.15) is 0 Å². The summed E-state index contributed by atoms with van der Waals surface area (Å²) in [5.74, 6) is 0. The third-order valence-corrected chi connectivity index (χ3v) is 4.65. The second-order valence-electron chi connectivity index (χ2n) is 4.81. The van der Waals surface area contributed by atoms with Crippen LogP contribution in [0, 0.1) is 6.92 Å². The normalized spacial score (nSPS) is 11.5. The summed E-state index contributed by atoms with van der Waals surface area (Å²) in [7, 11) is -3.44. The highest BCUT2D eigenvalue weighted by Gasteiger charge is 2.12. The van der Waals surface area contributed by atoms with Crippen molar-refractivity contribution in [1.82, 2.24) is 4.72 Å². The number of hydrogen-bond donors (Lipinski definition) is 1. The van der Waals surface area contributed by atoms with Crippen molar-refractivity contribution in [3.63, 3.8) is 0 Å². The summed E-state index contributed by atoms with van der Waals surface area (Å²) in [6, 6.07) is 14.8. The van der Waals surface area contributed by atoms with Gasteiger partial charge in [-0.05, 0) is 36.6 Å². The Morgan fingerprint density at radius 3 is 2.00 bits per heavy atom. The van der Waals surface area contributed by atoms with Crippen molar-refractivity contribution in [3.8, 4) is 0 Å². The molecule has 0 amide bonds. The first kappa shape index (κ1) is 14.8. The zero-order chi connectivity index (χ0) is 14.6. The summed E-state index contributed by atoms with van der Waals surface area (Å²) in [6.07, 6.45) is 0.982. The predicted molar refractivity (Wildman–Crippen MR) is 81.0 cm³/mol. The molecular formula is C16H19NO2S. The van der Waals surface area contributed by atoms with Gasteiger partial charge in [0.2, 0.25) is 10.0 Å². The number of hydrogen-bond acceptors (Lipinski definition) is 2. The van der Waals surface area contributed by atoms with Crippen LogP contribution in [0.3, 0.4) is 0 Å². The zero-order valence-corrected chi connectivity index (χ0v) is 12.6. The third kappa shape index (κ3) is 3.68. The lowest BCUT2D eigenvalue weighted by Gasteiger charge is -2.07. The van der Waals surface area contributed by atoms with E-state index in [0.717, 1.165) is 17.5 Å². The molecule has 0 aliphatic rings. The second kappa shape index (κ2) is 6.20. The number of nitrogens with one attached hydrogen (secondary N) is 1. The van der Waals surface area contributed by atoms with Gasteiger partial charge < -0.3 is 0 Å². The molecule has 0 aliphatic heterocycles. The van der Waals surface area contributed by atoms with Crippen molar-refractivity contribution in [2.45, 2.75) is 31.7 Å². The average Bonchev–Trinajstić information content (AvgIpc) is 2.46. The van der Waals surface area contributed by atoms with Crippen LogP contribution in [0.25, 0.3) is 0 Å². The molecule has 1 N–H and O–H groups in total. The summed E-state index contributed by atoms with van der Waals surface area (Å²) in [4.78, 5) is 0.299. The van der Waals surface area contributed by atoms with Crippen LogP contribution in [-0.4, -0.2) is 8.42 Å². The van der Waals surface area contributed by atoms with E-state index in [9.17, 15) is 8.42 Å². The van der Waals surface area contributed by atoms with E-state index in [4.69, 9.17) is 0 Å². The third-order valence-electron chi connectivity index (χ3n) is 3.23. The molecule has 106 valence electrons. The Morgan fingerprint density at radius 2 is 1.45 bits per heavy atom. The molecule has 4 heteroatoms. The van der Waals surface area contributed by atoms with Crippen LogP contribution in [0.5, 0.6) is 0 Å². The summed E-state index contributed by atoms with van der Waals surface area (Å²) in [5.41, 5.74) is 3.24. The van der Waals surface area contributed by atoms with Crippen LogP contribution in [0.4, 0.5) is 0 Å².